The van der Waals surface area contributed by atoms with Gasteiger partial charge in [0.2, 0.25) is 0 Å². The fourth-order valence-corrected chi connectivity index (χ4v) is 3.14. The summed E-state index contributed by atoms with van der Waals surface area (Å²) in [4.78, 5) is 26.9. The molecule has 1 aliphatic heterocycles. The van der Waals surface area contributed by atoms with E-state index in [1.807, 2.05) is 44.2 Å². The van der Waals surface area contributed by atoms with E-state index in [4.69, 9.17) is 0 Å². The second-order valence-electron chi connectivity index (χ2n) is 6.10. The summed E-state index contributed by atoms with van der Waals surface area (Å²) < 4.78 is 0. The summed E-state index contributed by atoms with van der Waals surface area (Å²) in [5.74, 6) is 0.652. The summed E-state index contributed by atoms with van der Waals surface area (Å²) in [6.07, 6.45) is 2.55. The first-order valence-electron chi connectivity index (χ1n) is 8.03. The average Bonchev–Trinajstić information content (AvgIpc) is 3.18. The van der Waals surface area contributed by atoms with Crippen molar-refractivity contribution < 1.29 is 4.79 Å². The highest BCUT2D eigenvalue weighted by atomic mass is 16.2. The van der Waals surface area contributed by atoms with Crippen molar-refractivity contribution in [2.45, 2.75) is 20.3 Å². The molecule has 0 bridgehead atoms. The van der Waals surface area contributed by atoms with Crippen LogP contribution in [-0.2, 0) is 6.42 Å². The molecule has 3 heterocycles. The molecule has 1 amide bonds. The molecule has 0 fully saturated rings. The monoisotopic (exact) mass is 318 g/mol. The van der Waals surface area contributed by atoms with Gasteiger partial charge in [0.15, 0.2) is 0 Å². The van der Waals surface area contributed by atoms with Gasteiger partial charge < -0.3 is 9.88 Å². The molecule has 0 atom stereocenters. The first-order valence-corrected chi connectivity index (χ1v) is 8.03. The van der Waals surface area contributed by atoms with Gasteiger partial charge in [-0.2, -0.15) is 0 Å². The fraction of sp³-hybridized carbons (Fsp3) is 0.211. The van der Waals surface area contributed by atoms with Crippen molar-refractivity contribution in [1.29, 1.82) is 0 Å². The van der Waals surface area contributed by atoms with Crippen molar-refractivity contribution in [2.75, 3.05) is 11.4 Å². The first kappa shape index (κ1) is 14.6. The van der Waals surface area contributed by atoms with Crippen LogP contribution in [0.5, 0.6) is 0 Å². The molecule has 3 aromatic rings. The normalized spacial score (nSPS) is 13.2. The van der Waals surface area contributed by atoms with Crippen molar-refractivity contribution in [3.63, 3.8) is 0 Å². The van der Waals surface area contributed by atoms with Crippen LogP contribution in [0, 0.1) is 13.8 Å². The van der Waals surface area contributed by atoms with Gasteiger partial charge in [-0.3, -0.25) is 9.78 Å². The number of benzene rings is 1. The standard InChI is InChI=1S/C19H18N4O/c1-12-5-3-6-14(11-12)18-21-13(2)17(22-18)19(24)23-10-8-15-16(23)7-4-9-20-15/h3-7,9,11H,8,10H2,1-2H3,(H,21,22). The second kappa shape index (κ2) is 5.60. The third kappa shape index (κ3) is 2.38. The Balaban J connectivity index is 1.69. The number of aromatic nitrogens is 3. The molecular formula is C19H18N4O. The number of aromatic amines is 1. The van der Waals surface area contributed by atoms with Gasteiger partial charge in [0, 0.05) is 30.4 Å². The van der Waals surface area contributed by atoms with E-state index in [0.717, 1.165) is 40.4 Å². The zero-order valence-corrected chi connectivity index (χ0v) is 13.7. The summed E-state index contributed by atoms with van der Waals surface area (Å²) in [6.45, 7) is 4.58. The Bertz CT molecular complexity index is 929. The number of hydrogen-bond donors (Lipinski definition) is 1. The zero-order valence-electron chi connectivity index (χ0n) is 13.7. The molecular weight excluding hydrogens is 300 g/mol. The number of carbonyl (C=O) groups excluding carboxylic acids is 1. The number of amides is 1. The number of fused-ring (bicyclic) bond motifs is 1. The van der Waals surface area contributed by atoms with Crippen LogP contribution in [0.25, 0.3) is 11.4 Å². The summed E-state index contributed by atoms with van der Waals surface area (Å²) in [5.41, 5.74) is 5.27. The molecule has 4 rings (SSSR count). The molecule has 0 saturated heterocycles. The summed E-state index contributed by atoms with van der Waals surface area (Å²) in [6, 6.07) is 11.9. The van der Waals surface area contributed by atoms with E-state index in [0.29, 0.717) is 12.2 Å². The molecule has 5 nitrogen and oxygen atoms in total. The number of nitrogens with zero attached hydrogens (tertiary/aromatic N) is 3. The smallest absolute Gasteiger partial charge is 0.278 e. The van der Waals surface area contributed by atoms with Gasteiger partial charge in [-0.15, -0.1) is 0 Å². The molecule has 2 aromatic heterocycles. The molecule has 0 saturated carbocycles. The fourth-order valence-electron chi connectivity index (χ4n) is 3.14. The minimum Gasteiger partial charge on any atom is -0.341 e. The molecule has 1 aromatic carbocycles. The van der Waals surface area contributed by atoms with E-state index in [9.17, 15) is 4.79 Å². The molecule has 1 N–H and O–H groups in total. The first-order chi connectivity index (χ1) is 11.6. The number of H-pyrrole nitrogens is 1. The lowest BCUT2D eigenvalue weighted by atomic mass is 10.1. The number of rotatable bonds is 2. The largest absolute Gasteiger partial charge is 0.341 e. The summed E-state index contributed by atoms with van der Waals surface area (Å²) in [7, 11) is 0. The van der Waals surface area contributed by atoms with Gasteiger partial charge in [0.25, 0.3) is 5.91 Å². The minimum absolute atomic E-state index is 0.0746. The summed E-state index contributed by atoms with van der Waals surface area (Å²) >= 11 is 0. The Morgan fingerprint density at radius 3 is 2.92 bits per heavy atom. The van der Waals surface area contributed by atoms with E-state index in [1.165, 1.54) is 0 Å². The quantitative estimate of drug-likeness (QED) is 0.788. The summed E-state index contributed by atoms with van der Waals surface area (Å²) in [5, 5.41) is 0. The van der Waals surface area contributed by atoms with Crippen molar-refractivity contribution in [3.8, 4) is 11.4 Å². The molecule has 1 aliphatic rings. The number of pyridine rings is 1. The highest BCUT2D eigenvalue weighted by Gasteiger charge is 2.29. The minimum atomic E-state index is -0.0746. The number of carbonyl (C=O) groups is 1. The highest BCUT2D eigenvalue weighted by Crippen LogP contribution is 2.28. The molecule has 0 radical (unpaired) electrons. The van der Waals surface area contributed by atoms with Crippen molar-refractivity contribution in [2.24, 2.45) is 0 Å². The van der Waals surface area contributed by atoms with E-state index in [2.05, 4.69) is 21.0 Å². The average molecular weight is 318 g/mol. The lowest BCUT2D eigenvalue weighted by molar-refractivity contribution is 0.0984. The maximum atomic E-state index is 13.0. The number of imidazole rings is 1. The third-order valence-electron chi connectivity index (χ3n) is 4.35. The topological polar surface area (TPSA) is 61.9 Å². The van der Waals surface area contributed by atoms with Crippen LogP contribution in [0.3, 0.4) is 0 Å². The van der Waals surface area contributed by atoms with Crippen LogP contribution in [-0.4, -0.2) is 27.4 Å². The van der Waals surface area contributed by atoms with Gasteiger partial charge >= 0.3 is 0 Å². The van der Waals surface area contributed by atoms with Gasteiger partial charge in [-0.05, 0) is 32.0 Å². The number of hydrogen-bond acceptors (Lipinski definition) is 3. The van der Waals surface area contributed by atoms with E-state index >= 15 is 0 Å². The molecule has 0 aliphatic carbocycles. The van der Waals surface area contributed by atoms with Crippen LogP contribution >= 0.6 is 0 Å². The Morgan fingerprint density at radius 2 is 2.08 bits per heavy atom. The second-order valence-corrected chi connectivity index (χ2v) is 6.10. The molecule has 0 unspecified atom stereocenters. The maximum absolute atomic E-state index is 13.0. The molecule has 0 spiro atoms. The molecule has 5 heteroatoms. The Labute approximate surface area is 140 Å². The van der Waals surface area contributed by atoms with Crippen LogP contribution in [0.4, 0.5) is 5.69 Å². The van der Waals surface area contributed by atoms with Crippen LogP contribution in [0.1, 0.15) is 27.4 Å². The zero-order chi connectivity index (χ0) is 16.7. The van der Waals surface area contributed by atoms with Crippen molar-refractivity contribution in [1.82, 2.24) is 15.0 Å². The third-order valence-corrected chi connectivity index (χ3v) is 4.35. The molecule has 120 valence electrons. The predicted molar refractivity (Wildman–Crippen MR) is 93.1 cm³/mol. The Kier molecular flexibility index (Phi) is 3.41. The van der Waals surface area contributed by atoms with Crippen LogP contribution in [0.15, 0.2) is 42.6 Å². The maximum Gasteiger partial charge on any atom is 0.278 e. The SMILES string of the molecule is Cc1cccc(-c2nc(C(=O)N3CCc4ncccc43)c(C)[nH]2)c1. The molecule has 24 heavy (non-hydrogen) atoms. The lowest BCUT2D eigenvalue weighted by Crippen LogP contribution is -2.29. The Morgan fingerprint density at radius 1 is 1.21 bits per heavy atom. The lowest BCUT2D eigenvalue weighted by Gasteiger charge is -2.15. The van der Waals surface area contributed by atoms with Crippen LogP contribution < -0.4 is 4.90 Å². The number of anilines is 1. The van der Waals surface area contributed by atoms with E-state index < -0.39 is 0 Å². The number of aryl methyl sites for hydroxylation is 2. The van der Waals surface area contributed by atoms with E-state index in [1.54, 1.807) is 11.1 Å². The number of nitrogens with one attached hydrogen (secondary N) is 1. The van der Waals surface area contributed by atoms with Crippen molar-refractivity contribution >= 4 is 11.6 Å². The van der Waals surface area contributed by atoms with Gasteiger partial charge in [0.1, 0.15) is 11.5 Å². The van der Waals surface area contributed by atoms with Gasteiger partial charge in [-0.25, -0.2) is 4.98 Å². The van der Waals surface area contributed by atoms with Gasteiger partial charge in [-0.1, -0.05) is 23.8 Å². The Hall–Kier alpha value is -2.95. The van der Waals surface area contributed by atoms with E-state index in [-0.39, 0.29) is 5.91 Å². The van der Waals surface area contributed by atoms with Gasteiger partial charge in [0.05, 0.1) is 11.4 Å². The highest BCUT2D eigenvalue weighted by molar-refractivity contribution is 6.06. The predicted octanol–water partition coefficient (Wildman–Crippen LogP) is 3.29. The van der Waals surface area contributed by atoms with Crippen LogP contribution in [0.2, 0.25) is 0 Å². The van der Waals surface area contributed by atoms with Crippen molar-refractivity contribution in [3.05, 3.63) is 65.2 Å².